The Morgan fingerprint density at radius 1 is 1.33 bits per heavy atom. The zero-order chi connectivity index (χ0) is 16.0. The van der Waals surface area contributed by atoms with Gasteiger partial charge in [-0.15, -0.1) is 0 Å². The fourth-order valence-electron chi connectivity index (χ4n) is 2.23. The second kappa shape index (κ2) is 8.02. The van der Waals surface area contributed by atoms with Crippen LogP contribution in [0.4, 0.5) is 0 Å². The molecule has 1 atom stereocenters. The second-order valence-corrected chi connectivity index (χ2v) is 7.41. The van der Waals surface area contributed by atoms with E-state index >= 15 is 0 Å². The molecule has 1 rings (SSSR count). The third kappa shape index (κ3) is 7.70. The normalized spacial score (nSPS) is 13.0. The predicted octanol–water partition coefficient (Wildman–Crippen LogP) is 3.81. The van der Waals surface area contributed by atoms with E-state index in [1.807, 2.05) is 6.07 Å². The summed E-state index contributed by atoms with van der Waals surface area (Å²) in [4.78, 5) is 11.8. The summed E-state index contributed by atoms with van der Waals surface area (Å²) in [5.41, 5.74) is 7.10. The van der Waals surface area contributed by atoms with Crippen LogP contribution in [0.3, 0.4) is 0 Å². The van der Waals surface area contributed by atoms with Crippen LogP contribution < -0.4 is 11.1 Å². The summed E-state index contributed by atoms with van der Waals surface area (Å²) in [6.07, 6.45) is 1.85. The predicted molar refractivity (Wildman–Crippen MR) is 89.8 cm³/mol. The van der Waals surface area contributed by atoms with Gasteiger partial charge in [-0.25, -0.2) is 0 Å². The minimum absolute atomic E-state index is 0.0168. The summed E-state index contributed by atoms with van der Waals surface area (Å²) in [7, 11) is 0. The number of carbonyl (C=O) groups excluding carboxylic acids is 1. The molecule has 3 N–H and O–H groups in total. The summed E-state index contributed by atoms with van der Waals surface area (Å²) in [6.45, 7) is 6.90. The summed E-state index contributed by atoms with van der Waals surface area (Å²) >= 11 is 11.9. The first-order chi connectivity index (χ1) is 9.67. The molecule has 118 valence electrons. The van der Waals surface area contributed by atoms with Gasteiger partial charge in [0.05, 0.1) is 0 Å². The van der Waals surface area contributed by atoms with Crippen molar-refractivity contribution in [1.82, 2.24) is 5.32 Å². The maximum atomic E-state index is 11.8. The van der Waals surface area contributed by atoms with Gasteiger partial charge in [0.1, 0.15) is 0 Å². The molecule has 0 heterocycles. The number of nitrogens with one attached hydrogen (secondary N) is 1. The Morgan fingerprint density at radius 2 is 2.00 bits per heavy atom. The Morgan fingerprint density at radius 3 is 2.57 bits per heavy atom. The standard InChI is InChI=1S/C16H24Cl2N2O/c1-16(2,3)10-13(19)9-15(21)20-7-6-11-4-5-12(17)8-14(11)18/h4-5,8,13H,6-7,9-10,19H2,1-3H3,(H,20,21). The quantitative estimate of drug-likeness (QED) is 0.833. The van der Waals surface area contributed by atoms with Crippen LogP contribution in [0.5, 0.6) is 0 Å². The van der Waals surface area contributed by atoms with Gasteiger partial charge < -0.3 is 11.1 Å². The third-order valence-corrected chi connectivity index (χ3v) is 3.64. The zero-order valence-corrected chi connectivity index (χ0v) is 14.4. The van der Waals surface area contributed by atoms with E-state index < -0.39 is 0 Å². The van der Waals surface area contributed by atoms with Crippen LogP contribution in [0.2, 0.25) is 10.0 Å². The molecule has 0 radical (unpaired) electrons. The summed E-state index contributed by atoms with van der Waals surface area (Å²) in [5.74, 6) is -0.0168. The summed E-state index contributed by atoms with van der Waals surface area (Å²) in [6, 6.07) is 5.27. The number of hydrogen-bond acceptors (Lipinski definition) is 2. The van der Waals surface area contributed by atoms with Crippen LogP contribution in [-0.2, 0) is 11.2 Å². The van der Waals surface area contributed by atoms with Crippen molar-refractivity contribution in [2.45, 2.75) is 46.1 Å². The van der Waals surface area contributed by atoms with Crippen LogP contribution in [0.25, 0.3) is 0 Å². The Kier molecular flexibility index (Phi) is 6.98. The highest BCUT2D eigenvalue weighted by atomic mass is 35.5. The van der Waals surface area contributed by atoms with Gasteiger partial charge in [0.15, 0.2) is 0 Å². The van der Waals surface area contributed by atoms with E-state index in [1.165, 1.54) is 0 Å². The lowest BCUT2D eigenvalue weighted by atomic mass is 9.87. The van der Waals surface area contributed by atoms with E-state index in [0.717, 1.165) is 12.0 Å². The van der Waals surface area contributed by atoms with Crippen molar-refractivity contribution < 1.29 is 4.79 Å². The molecule has 0 aromatic heterocycles. The lowest BCUT2D eigenvalue weighted by Gasteiger charge is -2.22. The Balaban J connectivity index is 2.33. The highest BCUT2D eigenvalue weighted by Crippen LogP contribution is 2.22. The number of carbonyl (C=O) groups is 1. The lowest BCUT2D eigenvalue weighted by Crippen LogP contribution is -2.35. The minimum Gasteiger partial charge on any atom is -0.356 e. The maximum Gasteiger partial charge on any atom is 0.221 e. The van der Waals surface area contributed by atoms with Crippen molar-refractivity contribution in [1.29, 1.82) is 0 Å². The Bertz CT molecular complexity index is 484. The molecule has 1 amide bonds. The first-order valence-corrected chi connectivity index (χ1v) is 7.89. The highest BCUT2D eigenvalue weighted by molar-refractivity contribution is 6.35. The molecular formula is C16H24Cl2N2O. The number of hydrogen-bond donors (Lipinski definition) is 2. The molecule has 0 bridgehead atoms. The number of halogens is 2. The topological polar surface area (TPSA) is 55.1 Å². The zero-order valence-electron chi connectivity index (χ0n) is 12.9. The number of benzene rings is 1. The monoisotopic (exact) mass is 330 g/mol. The van der Waals surface area contributed by atoms with Gasteiger partial charge in [-0.2, -0.15) is 0 Å². The molecular weight excluding hydrogens is 307 g/mol. The second-order valence-electron chi connectivity index (χ2n) is 6.56. The van der Waals surface area contributed by atoms with E-state index in [2.05, 4.69) is 26.1 Å². The molecule has 21 heavy (non-hydrogen) atoms. The smallest absolute Gasteiger partial charge is 0.221 e. The maximum absolute atomic E-state index is 11.8. The summed E-state index contributed by atoms with van der Waals surface area (Å²) in [5, 5.41) is 4.12. The Labute approximate surface area is 137 Å². The van der Waals surface area contributed by atoms with Gasteiger partial charge in [0.25, 0.3) is 0 Å². The molecule has 1 aromatic rings. The van der Waals surface area contributed by atoms with Crippen LogP contribution in [0.15, 0.2) is 18.2 Å². The van der Waals surface area contributed by atoms with Gasteiger partial charge >= 0.3 is 0 Å². The molecule has 0 aliphatic carbocycles. The largest absolute Gasteiger partial charge is 0.356 e. The van der Waals surface area contributed by atoms with E-state index in [0.29, 0.717) is 29.4 Å². The molecule has 0 spiro atoms. The van der Waals surface area contributed by atoms with Crippen molar-refractivity contribution in [3.05, 3.63) is 33.8 Å². The van der Waals surface area contributed by atoms with E-state index in [-0.39, 0.29) is 17.4 Å². The average molecular weight is 331 g/mol. The van der Waals surface area contributed by atoms with Crippen molar-refractivity contribution in [3.63, 3.8) is 0 Å². The van der Waals surface area contributed by atoms with Crippen LogP contribution in [0, 0.1) is 5.41 Å². The van der Waals surface area contributed by atoms with E-state index in [4.69, 9.17) is 28.9 Å². The van der Waals surface area contributed by atoms with Crippen molar-refractivity contribution in [2.75, 3.05) is 6.54 Å². The summed E-state index contributed by atoms with van der Waals surface area (Å²) < 4.78 is 0. The fourth-order valence-corrected chi connectivity index (χ4v) is 2.73. The number of nitrogens with two attached hydrogens (primary N) is 1. The number of amides is 1. The van der Waals surface area contributed by atoms with Gasteiger partial charge in [-0.1, -0.05) is 50.0 Å². The minimum atomic E-state index is -0.107. The number of rotatable bonds is 6. The Hall–Kier alpha value is -0.770. The molecule has 1 aromatic carbocycles. The third-order valence-electron chi connectivity index (χ3n) is 3.05. The van der Waals surface area contributed by atoms with Crippen LogP contribution in [0.1, 0.15) is 39.2 Å². The van der Waals surface area contributed by atoms with E-state index in [9.17, 15) is 4.79 Å². The van der Waals surface area contributed by atoms with Gasteiger partial charge in [-0.05, 0) is 36.0 Å². The molecule has 0 aliphatic heterocycles. The first kappa shape index (κ1) is 18.3. The molecule has 3 nitrogen and oxygen atoms in total. The molecule has 0 aliphatic rings. The molecule has 0 saturated heterocycles. The SMILES string of the molecule is CC(C)(C)CC(N)CC(=O)NCCc1ccc(Cl)cc1Cl. The highest BCUT2D eigenvalue weighted by Gasteiger charge is 2.17. The van der Waals surface area contributed by atoms with Gasteiger partial charge in [0, 0.05) is 29.1 Å². The molecule has 0 fully saturated rings. The van der Waals surface area contributed by atoms with Gasteiger partial charge in [0.2, 0.25) is 5.91 Å². The fraction of sp³-hybridized carbons (Fsp3) is 0.562. The molecule has 5 heteroatoms. The van der Waals surface area contributed by atoms with Crippen molar-refractivity contribution in [3.8, 4) is 0 Å². The van der Waals surface area contributed by atoms with E-state index in [1.54, 1.807) is 12.1 Å². The van der Waals surface area contributed by atoms with Gasteiger partial charge in [-0.3, -0.25) is 4.79 Å². The molecule has 0 saturated carbocycles. The average Bonchev–Trinajstić information content (AvgIpc) is 2.29. The lowest BCUT2D eigenvalue weighted by molar-refractivity contribution is -0.121. The first-order valence-electron chi connectivity index (χ1n) is 7.13. The molecule has 1 unspecified atom stereocenters. The van der Waals surface area contributed by atoms with Crippen LogP contribution in [-0.4, -0.2) is 18.5 Å². The van der Waals surface area contributed by atoms with Crippen molar-refractivity contribution >= 4 is 29.1 Å². The van der Waals surface area contributed by atoms with Crippen LogP contribution >= 0.6 is 23.2 Å². The van der Waals surface area contributed by atoms with Crippen molar-refractivity contribution in [2.24, 2.45) is 11.1 Å².